The molecule has 2 rings (SSSR count). The van der Waals surface area contributed by atoms with Gasteiger partial charge in [-0.2, -0.15) is 10.2 Å². The Bertz CT molecular complexity index is 726. The minimum absolute atomic E-state index is 0.0579. The lowest BCUT2D eigenvalue weighted by molar-refractivity contribution is -0.126. The van der Waals surface area contributed by atoms with Crippen molar-refractivity contribution in [2.75, 3.05) is 0 Å². The highest BCUT2D eigenvalue weighted by molar-refractivity contribution is 7.14. The molecular weight excluding hydrogens is 368 g/mol. The van der Waals surface area contributed by atoms with Crippen LogP contribution in [0.15, 0.2) is 34.5 Å². The fraction of sp³-hybridized carbons (Fsp3) is 0.333. The third kappa shape index (κ3) is 6.89. The normalized spacial score (nSPS) is 11.3. The van der Waals surface area contributed by atoms with Crippen molar-refractivity contribution in [3.05, 3.63) is 43.8 Å². The van der Waals surface area contributed by atoms with E-state index >= 15 is 0 Å². The third-order valence-corrected chi connectivity index (χ3v) is 5.73. The molecule has 8 heteroatoms. The maximum atomic E-state index is 11.7. The van der Waals surface area contributed by atoms with Crippen LogP contribution in [-0.4, -0.2) is 24.2 Å². The molecule has 0 unspecified atom stereocenters. The van der Waals surface area contributed by atoms with Gasteiger partial charge < -0.3 is 0 Å². The van der Waals surface area contributed by atoms with Gasteiger partial charge in [-0.05, 0) is 37.1 Å². The van der Waals surface area contributed by atoms with E-state index in [1.165, 1.54) is 9.75 Å². The summed E-state index contributed by atoms with van der Waals surface area (Å²) in [6.07, 6.45) is 5.30. The van der Waals surface area contributed by atoms with Gasteiger partial charge in [0.15, 0.2) is 0 Å². The molecule has 0 aliphatic rings. The van der Waals surface area contributed by atoms with Crippen LogP contribution in [0.4, 0.5) is 0 Å². The minimum Gasteiger partial charge on any atom is -0.273 e. The van der Waals surface area contributed by atoms with E-state index < -0.39 is 0 Å². The van der Waals surface area contributed by atoms with Crippen LogP contribution >= 0.6 is 22.7 Å². The summed E-state index contributed by atoms with van der Waals surface area (Å²) >= 11 is 3.27. The van der Waals surface area contributed by atoms with Crippen LogP contribution in [0.2, 0.25) is 0 Å². The molecule has 2 amide bonds. The van der Waals surface area contributed by atoms with E-state index in [9.17, 15) is 9.59 Å². The molecule has 2 aromatic rings. The number of amides is 2. The van der Waals surface area contributed by atoms with E-state index in [1.54, 1.807) is 35.1 Å². The molecule has 6 nitrogen and oxygen atoms in total. The number of hydrazone groups is 2. The number of rotatable bonds is 9. The van der Waals surface area contributed by atoms with Crippen molar-refractivity contribution in [1.82, 2.24) is 10.9 Å². The zero-order valence-corrected chi connectivity index (χ0v) is 16.5. The van der Waals surface area contributed by atoms with Crippen molar-refractivity contribution in [2.45, 2.75) is 39.5 Å². The average molecular weight is 391 g/mol. The Hall–Kier alpha value is -2.32. The molecule has 0 aliphatic heterocycles. The number of thiophene rings is 2. The summed E-state index contributed by atoms with van der Waals surface area (Å²) in [6.45, 7) is 4.18. The molecular formula is C18H22N4O2S2. The molecule has 26 heavy (non-hydrogen) atoms. The Morgan fingerprint density at radius 1 is 0.846 bits per heavy atom. The Morgan fingerprint density at radius 3 is 1.62 bits per heavy atom. The predicted molar refractivity (Wildman–Crippen MR) is 108 cm³/mol. The van der Waals surface area contributed by atoms with Crippen molar-refractivity contribution in [1.29, 1.82) is 0 Å². The lowest BCUT2D eigenvalue weighted by Crippen LogP contribution is -2.22. The number of hydrogen-bond acceptors (Lipinski definition) is 6. The largest absolute Gasteiger partial charge is 0.273 e. The third-order valence-electron chi connectivity index (χ3n) is 3.40. The summed E-state index contributed by atoms with van der Waals surface area (Å²) in [5.74, 6) is -0.614. The van der Waals surface area contributed by atoms with Crippen molar-refractivity contribution in [3.8, 4) is 0 Å². The molecule has 2 heterocycles. The molecule has 0 saturated heterocycles. The lowest BCUT2D eigenvalue weighted by atomic mass is 10.3. The van der Waals surface area contributed by atoms with Gasteiger partial charge in [-0.1, -0.05) is 13.8 Å². The number of nitrogens with one attached hydrogen (secondary N) is 2. The van der Waals surface area contributed by atoms with Gasteiger partial charge in [0.1, 0.15) is 0 Å². The average Bonchev–Trinajstić information content (AvgIpc) is 3.29. The summed E-state index contributed by atoms with van der Waals surface area (Å²) in [5.41, 5.74) is 4.85. The topological polar surface area (TPSA) is 82.9 Å². The van der Waals surface area contributed by atoms with Gasteiger partial charge >= 0.3 is 0 Å². The first-order chi connectivity index (χ1) is 12.6. The zero-order chi connectivity index (χ0) is 18.8. The Labute approximate surface area is 161 Å². The molecule has 0 fully saturated rings. The highest BCUT2D eigenvalue weighted by Crippen LogP contribution is 2.15. The van der Waals surface area contributed by atoms with Crippen molar-refractivity contribution >= 4 is 46.9 Å². The number of carbonyl (C=O) groups is 2. The molecule has 0 radical (unpaired) electrons. The SMILES string of the molecule is CCc1ccc(C=NNC(=O)CCC(=O)NN=Cc2ccc(CC)s2)s1. The first-order valence-corrected chi connectivity index (χ1v) is 10.0. The summed E-state index contributed by atoms with van der Waals surface area (Å²) in [4.78, 5) is 27.9. The maximum Gasteiger partial charge on any atom is 0.240 e. The van der Waals surface area contributed by atoms with Gasteiger partial charge in [-0.3, -0.25) is 9.59 Å². The van der Waals surface area contributed by atoms with Crippen LogP contribution in [0.3, 0.4) is 0 Å². The van der Waals surface area contributed by atoms with Crippen LogP contribution in [0.1, 0.15) is 46.2 Å². The molecule has 0 aromatic carbocycles. The van der Waals surface area contributed by atoms with E-state index in [0.717, 1.165) is 22.6 Å². The molecule has 2 aromatic heterocycles. The van der Waals surface area contributed by atoms with Crippen LogP contribution in [-0.2, 0) is 22.4 Å². The van der Waals surface area contributed by atoms with Crippen LogP contribution in [0.5, 0.6) is 0 Å². The van der Waals surface area contributed by atoms with Crippen LogP contribution in [0, 0.1) is 0 Å². The Balaban J connectivity index is 1.65. The van der Waals surface area contributed by atoms with Crippen molar-refractivity contribution in [3.63, 3.8) is 0 Å². The lowest BCUT2D eigenvalue weighted by Gasteiger charge is -1.99. The van der Waals surface area contributed by atoms with E-state index in [0.29, 0.717) is 0 Å². The van der Waals surface area contributed by atoms with E-state index in [1.807, 2.05) is 24.3 Å². The van der Waals surface area contributed by atoms with Gasteiger partial charge in [-0.25, -0.2) is 10.9 Å². The Kier molecular flexibility index (Phi) is 8.17. The second kappa shape index (κ2) is 10.6. The minimum atomic E-state index is -0.307. The Morgan fingerprint density at radius 2 is 1.27 bits per heavy atom. The first-order valence-electron chi connectivity index (χ1n) is 8.42. The van der Waals surface area contributed by atoms with E-state index in [4.69, 9.17) is 0 Å². The van der Waals surface area contributed by atoms with Crippen molar-refractivity contribution < 1.29 is 9.59 Å². The van der Waals surface area contributed by atoms with Crippen LogP contribution in [0.25, 0.3) is 0 Å². The number of nitrogens with zero attached hydrogens (tertiary/aromatic N) is 2. The standard InChI is InChI=1S/C18H22N4O2S2/c1-3-13-5-7-15(25-13)11-19-21-17(23)9-10-18(24)22-20-12-16-8-6-14(4-2)26-16/h5-8,11-12H,3-4,9-10H2,1-2H3,(H,21,23)(H,22,24). The number of hydrogen-bond donors (Lipinski definition) is 2. The van der Waals surface area contributed by atoms with Gasteiger partial charge in [0.2, 0.25) is 11.8 Å². The summed E-state index contributed by atoms with van der Waals surface area (Å²) in [6, 6.07) is 8.00. The summed E-state index contributed by atoms with van der Waals surface area (Å²) < 4.78 is 0. The molecule has 0 aliphatic carbocycles. The quantitative estimate of drug-likeness (QED) is 0.509. The first kappa shape index (κ1) is 20.0. The molecule has 138 valence electrons. The second-order valence-corrected chi connectivity index (χ2v) is 7.80. The molecule has 0 saturated carbocycles. The van der Waals surface area contributed by atoms with E-state index in [-0.39, 0.29) is 24.7 Å². The predicted octanol–water partition coefficient (Wildman–Crippen LogP) is 3.32. The zero-order valence-electron chi connectivity index (χ0n) is 14.8. The van der Waals surface area contributed by atoms with E-state index in [2.05, 4.69) is 34.9 Å². The summed E-state index contributed by atoms with van der Waals surface area (Å²) in [5, 5.41) is 7.81. The fourth-order valence-electron chi connectivity index (χ4n) is 1.98. The van der Waals surface area contributed by atoms with Crippen molar-refractivity contribution in [2.24, 2.45) is 10.2 Å². The number of carbonyl (C=O) groups excluding carboxylic acids is 2. The van der Waals surface area contributed by atoms with Gasteiger partial charge in [0, 0.05) is 32.4 Å². The number of aryl methyl sites for hydroxylation is 2. The van der Waals surface area contributed by atoms with Crippen LogP contribution < -0.4 is 10.9 Å². The summed E-state index contributed by atoms with van der Waals surface area (Å²) in [7, 11) is 0. The molecule has 0 spiro atoms. The van der Waals surface area contributed by atoms with Gasteiger partial charge in [0.05, 0.1) is 12.4 Å². The maximum absolute atomic E-state index is 11.7. The second-order valence-electron chi connectivity index (χ2n) is 5.40. The smallest absolute Gasteiger partial charge is 0.240 e. The molecule has 0 atom stereocenters. The fourth-order valence-corrected chi connectivity index (χ4v) is 3.63. The molecule has 0 bridgehead atoms. The highest BCUT2D eigenvalue weighted by atomic mass is 32.1. The highest BCUT2D eigenvalue weighted by Gasteiger charge is 2.05. The monoisotopic (exact) mass is 390 g/mol. The van der Waals surface area contributed by atoms with Gasteiger partial charge in [0.25, 0.3) is 0 Å². The van der Waals surface area contributed by atoms with Gasteiger partial charge in [-0.15, -0.1) is 22.7 Å². The molecule has 2 N–H and O–H groups in total.